The summed E-state index contributed by atoms with van der Waals surface area (Å²) < 4.78 is 10.5. The maximum absolute atomic E-state index is 12.2. The number of aromatic nitrogens is 1. The van der Waals surface area contributed by atoms with Crippen molar-refractivity contribution in [2.45, 2.75) is 19.4 Å². The van der Waals surface area contributed by atoms with Crippen LogP contribution in [0.1, 0.15) is 28.9 Å². The summed E-state index contributed by atoms with van der Waals surface area (Å²) in [6.07, 6.45) is 2.24. The Morgan fingerprint density at radius 1 is 0.967 bits per heavy atom. The summed E-state index contributed by atoms with van der Waals surface area (Å²) in [7, 11) is 0. The van der Waals surface area contributed by atoms with Crippen LogP contribution >= 0.6 is 0 Å². The van der Waals surface area contributed by atoms with Gasteiger partial charge in [0.05, 0.1) is 5.56 Å². The van der Waals surface area contributed by atoms with E-state index in [2.05, 4.69) is 15.6 Å². The van der Waals surface area contributed by atoms with Gasteiger partial charge in [-0.1, -0.05) is 42.5 Å². The molecule has 3 rings (SSSR count). The highest BCUT2D eigenvalue weighted by Crippen LogP contribution is 2.24. The van der Waals surface area contributed by atoms with Crippen LogP contribution in [0.4, 0.5) is 10.5 Å². The number of nitrogens with zero attached hydrogens (tertiary/aromatic N) is 1. The highest BCUT2D eigenvalue weighted by Gasteiger charge is 2.14. The number of hydrogen-bond acceptors (Lipinski definition) is 6. The van der Waals surface area contributed by atoms with Crippen molar-refractivity contribution in [3.05, 3.63) is 72.1 Å². The van der Waals surface area contributed by atoms with Gasteiger partial charge < -0.3 is 25.5 Å². The number of alkyl carbamates (subject to hydrolysis) is 1. The lowest BCUT2D eigenvalue weighted by Gasteiger charge is -2.07. The molecule has 3 aromatic rings. The number of ether oxygens (including phenoxy) is 1. The Hall–Kier alpha value is -3.81. The van der Waals surface area contributed by atoms with E-state index in [1.807, 2.05) is 42.5 Å². The maximum Gasteiger partial charge on any atom is 0.407 e. The summed E-state index contributed by atoms with van der Waals surface area (Å²) in [6.45, 7) is 1.15. The number of rotatable bonds is 9. The Labute approximate surface area is 174 Å². The summed E-state index contributed by atoms with van der Waals surface area (Å²) in [6, 6.07) is 16.6. The molecule has 0 saturated carbocycles. The molecule has 4 N–H and O–H groups in total. The fraction of sp³-hybridized carbons (Fsp3) is 0.227. The number of para-hydroxylation sites is 1. The first kappa shape index (κ1) is 20.9. The Kier molecular flexibility index (Phi) is 7.43. The molecule has 1 heterocycles. The average molecular weight is 408 g/mol. The number of carbonyl (C=O) groups excluding carboxylic acids is 2. The summed E-state index contributed by atoms with van der Waals surface area (Å²) in [5.41, 5.74) is 8.19. The zero-order chi connectivity index (χ0) is 21.2. The van der Waals surface area contributed by atoms with Gasteiger partial charge in [-0.2, -0.15) is 0 Å². The molecule has 0 radical (unpaired) electrons. The highest BCUT2D eigenvalue weighted by atomic mass is 16.5. The van der Waals surface area contributed by atoms with Crippen molar-refractivity contribution in [3.8, 4) is 11.5 Å². The lowest BCUT2D eigenvalue weighted by atomic mass is 10.2. The minimum atomic E-state index is -0.460. The molecule has 0 unspecified atom stereocenters. The van der Waals surface area contributed by atoms with Gasteiger partial charge in [0.1, 0.15) is 12.9 Å². The van der Waals surface area contributed by atoms with E-state index in [0.29, 0.717) is 43.1 Å². The molecule has 0 aliphatic heterocycles. The van der Waals surface area contributed by atoms with Gasteiger partial charge in [-0.05, 0) is 30.5 Å². The normalized spacial score (nSPS) is 10.4. The van der Waals surface area contributed by atoms with Gasteiger partial charge in [-0.15, -0.1) is 0 Å². The molecule has 0 fully saturated rings. The topological polar surface area (TPSA) is 119 Å². The molecule has 1 aromatic heterocycles. The van der Waals surface area contributed by atoms with Gasteiger partial charge >= 0.3 is 6.09 Å². The summed E-state index contributed by atoms with van der Waals surface area (Å²) in [4.78, 5) is 28.0. The van der Waals surface area contributed by atoms with Crippen molar-refractivity contribution in [2.24, 2.45) is 0 Å². The SMILES string of the molecule is Nc1ccccc1-c1nc(C(=O)NCCCCNC(=O)OCc2ccccc2)co1. The second-order valence-corrected chi connectivity index (χ2v) is 6.58. The number of nitrogens with one attached hydrogen (secondary N) is 2. The molecule has 30 heavy (non-hydrogen) atoms. The smallest absolute Gasteiger partial charge is 0.407 e. The first-order chi connectivity index (χ1) is 14.6. The fourth-order valence-corrected chi connectivity index (χ4v) is 2.70. The van der Waals surface area contributed by atoms with Crippen molar-refractivity contribution in [1.82, 2.24) is 15.6 Å². The molecule has 0 aliphatic carbocycles. The van der Waals surface area contributed by atoms with E-state index >= 15 is 0 Å². The van der Waals surface area contributed by atoms with Gasteiger partial charge in [0.2, 0.25) is 5.89 Å². The monoisotopic (exact) mass is 408 g/mol. The number of nitrogens with two attached hydrogens (primary N) is 1. The third-order valence-corrected chi connectivity index (χ3v) is 4.30. The number of amides is 2. The van der Waals surface area contributed by atoms with E-state index in [-0.39, 0.29) is 18.2 Å². The molecule has 0 atom stereocenters. The predicted octanol–water partition coefficient (Wildman–Crippen LogP) is 3.36. The van der Waals surface area contributed by atoms with Crippen molar-refractivity contribution < 1.29 is 18.7 Å². The number of nitrogen functional groups attached to an aromatic ring is 1. The first-order valence-corrected chi connectivity index (χ1v) is 9.66. The Balaban J connectivity index is 1.31. The number of anilines is 1. The first-order valence-electron chi connectivity index (χ1n) is 9.66. The number of carbonyl (C=O) groups is 2. The van der Waals surface area contributed by atoms with Crippen LogP contribution in [0, 0.1) is 0 Å². The van der Waals surface area contributed by atoms with Crippen LogP contribution < -0.4 is 16.4 Å². The second-order valence-electron chi connectivity index (χ2n) is 6.58. The van der Waals surface area contributed by atoms with Crippen molar-refractivity contribution >= 4 is 17.7 Å². The molecule has 2 aromatic carbocycles. The largest absolute Gasteiger partial charge is 0.445 e. The highest BCUT2D eigenvalue weighted by molar-refractivity contribution is 5.92. The van der Waals surface area contributed by atoms with Gasteiger partial charge in [-0.3, -0.25) is 4.79 Å². The van der Waals surface area contributed by atoms with Gasteiger partial charge in [-0.25, -0.2) is 9.78 Å². The van der Waals surface area contributed by atoms with Crippen LogP contribution in [0.5, 0.6) is 0 Å². The minimum absolute atomic E-state index is 0.191. The van der Waals surface area contributed by atoms with Crippen LogP contribution in [-0.2, 0) is 11.3 Å². The minimum Gasteiger partial charge on any atom is -0.445 e. The Bertz CT molecular complexity index is 972. The lowest BCUT2D eigenvalue weighted by Crippen LogP contribution is -2.27. The summed E-state index contributed by atoms with van der Waals surface area (Å²) in [5, 5.41) is 5.46. The predicted molar refractivity (Wildman–Crippen MR) is 113 cm³/mol. The third kappa shape index (κ3) is 6.10. The van der Waals surface area contributed by atoms with E-state index in [4.69, 9.17) is 14.9 Å². The Morgan fingerprint density at radius 2 is 1.67 bits per heavy atom. The maximum atomic E-state index is 12.2. The van der Waals surface area contributed by atoms with Gasteiger partial charge in [0.15, 0.2) is 5.69 Å². The van der Waals surface area contributed by atoms with E-state index in [9.17, 15) is 9.59 Å². The molecule has 0 spiro atoms. The van der Waals surface area contributed by atoms with E-state index in [0.717, 1.165) is 5.56 Å². The molecule has 0 bridgehead atoms. The van der Waals surface area contributed by atoms with Crippen LogP contribution in [0.15, 0.2) is 65.3 Å². The van der Waals surface area contributed by atoms with Crippen LogP contribution in [-0.4, -0.2) is 30.1 Å². The molecule has 156 valence electrons. The summed E-state index contributed by atoms with van der Waals surface area (Å²) in [5.74, 6) is -0.0220. The number of benzene rings is 2. The fourth-order valence-electron chi connectivity index (χ4n) is 2.70. The number of hydrogen-bond donors (Lipinski definition) is 3. The van der Waals surface area contributed by atoms with Gasteiger partial charge in [0.25, 0.3) is 5.91 Å². The quantitative estimate of drug-likeness (QED) is 0.369. The molecule has 0 aliphatic rings. The van der Waals surface area contributed by atoms with E-state index < -0.39 is 6.09 Å². The number of unbranched alkanes of at least 4 members (excludes halogenated alkanes) is 1. The average Bonchev–Trinajstić information content (AvgIpc) is 3.26. The molecule has 2 amide bonds. The molecule has 0 saturated heterocycles. The van der Waals surface area contributed by atoms with Crippen LogP contribution in [0.2, 0.25) is 0 Å². The van der Waals surface area contributed by atoms with Crippen molar-refractivity contribution in [3.63, 3.8) is 0 Å². The number of oxazole rings is 1. The zero-order valence-electron chi connectivity index (χ0n) is 16.5. The third-order valence-electron chi connectivity index (χ3n) is 4.30. The zero-order valence-corrected chi connectivity index (χ0v) is 16.5. The molecule has 8 heteroatoms. The molecular formula is C22H24N4O4. The van der Waals surface area contributed by atoms with E-state index in [1.165, 1.54) is 6.26 Å². The van der Waals surface area contributed by atoms with Crippen molar-refractivity contribution in [1.29, 1.82) is 0 Å². The molecular weight excluding hydrogens is 384 g/mol. The summed E-state index contributed by atoms with van der Waals surface area (Å²) >= 11 is 0. The van der Waals surface area contributed by atoms with Gasteiger partial charge in [0, 0.05) is 18.8 Å². The Morgan fingerprint density at radius 3 is 2.43 bits per heavy atom. The standard InChI is InChI=1S/C22H24N4O4/c23-18-11-5-4-10-17(18)21-26-19(15-29-21)20(27)24-12-6-7-13-25-22(28)30-14-16-8-2-1-3-9-16/h1-5,8-11,15H,6-7,12-14,23H2,(H,24,27)(H,25,28). The second kappa shape index (κ2) is 10.7. The lowest BCUT2D eigenvalue weighted by molar-refractivity contribution is 0.0947. The van der Waals surface area contributed by atoms with Crippen LogP contribution in [0.3, 0.4) is 0 Å². The van der Waals surface area contributed by atoms with Crippen molar-refractivity contribution in [2.75, 3.05) is 18.8 Å². The molecule has 8 nitrogen and oxygen atoms in total. The van der Waals surface area contributed by atoms with E-state index in [1.54, 1.807) is 12.1 Å². The van der Waals surface area contributed by atoms with Crippen LogP contribution in [0.25, 0.3) is 11.5 Å².